The van der Waals surface area contributed by atoms with Crippen molar-refractivity contribution in [3.05, 3.63) is 21.3 Å². The van der Waals surface area contributed by atoms with Gasteiger partial charge in [0, 0.05) is 5.92 Å². The van der Waals surface area contributed by atoms with Crippen molar-refractivity contribution < 1.29 is 65.5 Å². The number of aliphatic hydroxyl groups is 2. The Bertz CT molecular complexity index is 958. The predicted molar refractivity (Wildman–Crippen MR) is 116 cm³/mol. The third-order valence-electron chi connectivity index (χ3n) is 5.60. The lowest BCUT2D eigenvalue weighted by molar-refractivity contribution is -0.376. The number of ether oxygens (including phenoxy) is 3. The molecular weight excluding hydrogens is 623 g/mol. The number of phenolic OH excluding ortho intramolecular Hbond substituents is 1. The van der Waals surface area contributed by atoms with Crippen LogP contribution in [-0.2, 0) is 19.1 Å². The fourth-order valence-corrected chi connectivity index (χ4v) is 4.70. The number of carbonyl (C=O) groups excluding carboxylic acids is 2. The first-order valence-electron chi connectivity index (χ1n) is 10.2. The van der Waals surface area contributed by atoms with Crippen LogP contribution >= 0.6 is 22.6 Å². The Morgan fingerprint density at radius 3 is 1.72 bits per heavy atom. The maximum Gasteiger partial charge on any atom is 0.432 e. The fraction of sp³-hybridized carbons (Fsp3) is 0.600. The number of rotatable bonds is 6. The van der Waals surface area contributed by atoms with Crippen molar-refractivity contribution in [3.8, 4) is 11.5 Å². The number of alkyl halides is 6. The highest BCUT2D eigenvalue weighted by molar-refractivity contribution is 14.1. The van der Waals surface area contributed by atoms with Crippen LogP contribution in [0.1, 0.15) is 25.3 Å². The van der Waals surface area contributed by atoms with Gasteiger partial charge in [-0.25, -0.2) is 5.32 Å². The number of benzene rings is 1. The summed E-state index contributed by atoms with van der Waals surface area (Å²) in [5, 5.41) is 32.1. The molecule has 9 nitrogen and oxygen atoms in total. The minimum absolute atomic E-state index is 0.156. The lowest BCUT2D eigenvalue weighted by Crippen LogP contribution is -2.81. The van der Waals surface area contributed by atoms with Crippen molar-refractivity contribution in [2.45, 2.75) is 43.6 Å². The van der Waals surface area contributed by atoms with Gasteiger partial charge in [-0.15, -0.1) is 0 Å². The van der Waals surface area contributed by atoms with Crippen LogP contribution in [0, 0.1) is 15.4 Å². The number of nitrogens with one attached hydrogen (secondary N) is 1. The van der Waals surface area contributed by atoms with E-state index in [9.17, 15) is 51.3 Å². The molecule has 2 rings (SSSR count). The number of aromatic hydroxyl groups is 1. The molecule has 1 saturated heterocycles. The maximum absolute atomic E-state index is 14.2. The molecule has 1 aromatic rings. The van der Waals surface area contributed by atoms with Gasteiger partial charge in [0.05, 0.1) is 23.9 Å². The molecule has 1 heterocycles. The number of phenols is 1. The lowest BCUT2D eigenvalue weighted by atomic mass is 9.64. The molecule has 36 heavy (non-hydrogen) atoms. The topological polar surface area (TPSA) is 135 Å². The standard InChI is InChI=1S/C20H22F6INO8/c1-4-35-15(30)12-11(8-6-9(27)14(29)10(7-8)34-3)13(16(31)36-5-2)18(33,20(24,25)26)28-17(12,32)19(21,22)23/h6-7,11-13,28-29,32-33H,4-5H2,1-3H3/t11?,12-,13-,17-,18+/m0/s1. The molecule has 4 N–H and O–H groups in total. The van der Waals surface area contributed by atoms with E-state index < -0.39 is 83.8 Å². The van der Waals surface area contributed by atoms with Crippen LogP contribution in [-0.4, -0.2) is 71.4 Å². The van der Waals surface area contributed by atoms with Crippen LogP contribution in [0.2, 0.25) is 0 Å². The number of carbonyl (C=O) groups is 2. The smallest absolute Gasteiger partial charge is 0.432 e. The highest BCUT2D eigenvalue weighted by Gasteiger charge is 2.78. The van der Waals surface area contributed by atoms with Crippen LogP contribution in [0.4, 0.5) is 26.3 Å². The van der Waals surface area contributed by atoms with E-state index in [0.29, 0.717) is 5.32 Å². The highest BCUT2D eigenvalue weighted by atomic mass is 127. The molecule has 0 spiro atoms. The number of halogens is 7. The Morgan fingerprint density at radius 2 is 1.39 bits per heavy atom. The average Bonchev–Trinajstić information content (AvgIpc) is 2.73. The third-order valence-corrected chi connectivity index (χ3v) is 6.42. The Hall–Kier alpha value is -2.05. The van der Waals surface area contributed by atoms with Gasteiger partial charge in [0.15, 0.2) is 11.5 Å². The Balaban J connectivity index is 3.07. The summed E-state index contributed by atoms with van der Waals surface area (Å²) in [5.74, 6) is -13.1. The highest BCUT2D eigenvalue weighted by Crippen LogP contribution is 2.56. The zero-order chi connectivity index (χ0) is 27.9. The van der Waals surface area contributed by atoms with Crippen molar-refractivity contribution in [1.29, 1.82) is 0 Å². The van der Waals surface area contributed by atoms with E-state index in [2.05, 4.69) is 9.47 Å². The van der Waals surface area contributed by atoms with E-state index in [-0.39, 0.29) is 3.57 Å². The summed E-state index contributed by atoms with van der Waals surface area (Å²) in [6.07, 6.45) is -12.0. The van der Waals surface area contributed by atoms with Crippen molar-refractivity contribution in [2.75, 3.05) is 20.3 Å². The molecular formula is C20H22F6INO8. The minimum Gasteiger partial charge on any atom is -0.504 e. The second-order valence-corrected chi connectivity index (χ2v) is 8.85. The van der Waals surface area contributed by atoms with Crippen molar-refractivity contribution in [2.24, 2.45) is 11.8 Å². The van der Waals surface area contributed by atoms with Crippen LogP contribution in [0.15, 0.2) is 12.1 Å². The largest absolute Gasteiger partial charge is 0.504 e. The Labute approximate surface area is 213 Å². The summed E-state index contributed by atoms with van der Waals surface area (Å²) < 4.78 is 99.1. The molecule has 0 radical (unpaired) electrons. The number of esters is 2. The van der Waals surface area contributed by atoms with Gasteiger partial charge in [-0.2, -0.15) is 26.3 Å². The Kier molecular flexibility index (Phi) is 8.69. The van der Waals surface area contributed by atoms with E-state index in [1.165, 1.54) is 36.4 Å². The first-order valence-corrected chi connectivity index (χ1v) is 11.3. The molecule has 0 aromatic heterocycles. The molecule has 16 heteroatoms. The van der Waals surface area contributed by atoms with Gasteiger partial charge in [0.2, 0.25) is 11.4 Å². The Morgan fingerprint density at radius 1 is 0.972 bits per heavy atom. The van der Waals surface area contributed by atoms with Gasteiger partial charge in [-0.3, -0.25) is 9.59 Å². The molecule has 1 aliphatic heterocycles. The van der Waals surface area contributed by atoms with E-state index in [0.717, 1.165) is 19.2 Å². The third kappa shape index (κ3) is 5.04. The lowest BCUT2D eigenvalue weighted by Gasteiger charge is -2.54. The van der Waals surface area contributed by atoms with Crippen LogP contribution in [0.3, 0.4) is 0 Å². The van der Waals surface area contributed by atoms with Crippen LogP contribution in [0.5, 0.6) is 11.5 Å². The van der Waals surface area contributed by atoms with E-state index in [1.54, 1.807) is 0 Å². The molecule has 204 valence electrons. The average molecular weight is 645 g/mol. The predicted octanol–water partition coefficient (Wildman–Crippen LogP) is 2.55. The summed E-state index contributed by atoms with van der Waals surface area (Å²) in [6.45, 7) is 1.30. The van der Waals surface area contributed by atoms with Crippen LogP contribution < -0.4 is 10.1 Å². The number of piperidine rings is 1. The fourth-order valence-electron chi connectivity index (χ4n) is 4.08. The first-order chi connectivity index (χ1) is 16.4. The summed E-state index contributed by atoms with van der Waals surface area (Å²) in [6, 6.07) is 1.65. The van der Waals surface area contributed by atoms with Crippen molar-refractivity contribution >= 4 is 34.5 Å². The van der Waals surface area contributed by atoms with Crippen LogP contribution in [0.25, 0.3) is 0 Å². The zero-order valence-electron chi connectivity index (χ0n) is 18.8. The monoisotopic (exact) mass is 645 g/mol. The maximum atomic E-state index is 14.2. The molecule has 0 amide bonds. The molecule has 0 saturated carbocycles. The molecule has 1 aromatic carbocycles. The molecule has 5 atom stereocenters. The van der Waals surface area contributed by atoms with Crippen molar-refractivity contribution in [3.63, 3.8) is 0 Å². The molecule has 0 aliphatic carbocycles. The van der Waals surface area contributed by atoms with Crippen molar-refractivity contribution in [1.82, 2.24) is 5.32 Å². The van der Waals surface area contributed by atoms with E-state index in [1.807, 2.05) is 0 Å². The number of hydrogen-bond acceptors (Lipinski definition) is 9. The van der Waals surface area contributed by atoms with E-state index in [4.69, 9.17) is 4.74 Å². The first kappa shape index (κ1) is 30.2. The van der Waals surface area contributed by atoms with Gasteiger partial charge in [-0.05, 0) is 54.1 Å². The van der Waals surface area contributed by atoms with Gasteiger partial charge in [0.1, 0.15) is 11.8 Å². The van der Waals surface area contributed by atoms with Gasteiger partial charge in [-0.1, -0.05) is 0 Å². The summed E-state index contributed by atoms with van der Waals surface area (Å²) in [5.41, 5.74) is -10.1. The molecule has 1 fully saturated rings. The molecule has 1 unspecified atom stereocenters. The second kappa shape index (κ2) is 10.4. The summed E-state index contributed by atoms with van der Waals surface area (Å²) in [4.78, 5) is 25.6. The quantitative estimate of drug-likeness (QED) is 0.209. The van der Waals surface area contributed by atoms with Gasteiger partial charge >= 0.3 is 24.3 Å². The van der Waals surface area contributed by atoms with Gasteiger partial charge < -0.3 is 29.5 Å². The minimum atomic E-state index is -6.00. The number of methoxy groups -OCH3 is 1. The van der Waals surface area contributed by atoms with Gasteiger partial charge in [0.25, 0.3) is 0 Å². The molecule has 1 aliphatic rings. The second-order valence-electron chi connectivity index (χ2n) is 7.69. The normalized spacial score (nSPS) is 28.9. The zero-order valence-corrected chi connectivity index (χ0v) is 21.0. The molecule has 0 bridgehead atoms. The summed E-state index contributed by atoms with van der Waals surface area (Å²) >= 11 is 1.48. The van der Waals surface area contributed by atoms with E-state index >= 15 is 0 Å². The summed E-state index contributed by atoms with van der Waals surface area (Å²) in [7, 11) is 1.03. The SMILES string of the molecule is CCOC(=O)[C@@H]1C(c2cc(I)c(O)c(OC)c2)[C@@H](C(=O)OCC)[C@](O)(C(F)(F)F)N[C@]1(O)C(F)(F)F. The number of hydrogen-bond donors (Lipinski definition) is 4.